The largest absolute Gasteiger partial charge is 0.454 e. The molecule has 3 nitrogen and oxygen atoms in total. The minimum atomic E-state index is 0.795. The van der Waals surface area contributed by atoms with Crippen molar-refractivity contribution in [3.8, 4) is 11.5 Å². The van der Waals surface area contributed by atoms with Gasteiger partial charge in [0.1, 0.15) is 11.3 Å². The molecule has 0 bridgehead atoms. The van der Waals surface area contributed by atoms with Crippen LogP contribution in [0.2, 0.25) is 0 Å². The summed E-state index contributed by atoms with van der Waals surface area (Å²) in [6, 6.07) is 13.9. The van der Waals surface area contributed by atoms with Gasteiger partial charge >= 0.3 is 0 Å². The number of para-hydroxylation sites is 1. The molecule has 3 rings (SSSR count). The number of benzene rings is 1. The summed E-state index contributed by atoms with van der Waals surface area (Å²) < 4.78 is 5.76. The second kappa shape index (κ2) is 3.94. The molecule has 0 amide bonds. The van der Waals surface area contributed by atoms with Gasteiger partial charge in [0.05, 0.1) is 0 Å². The van der Waals surface area contributed by atoms with Crippen LogP contribution in [0.4, 0.5) is 5.69 Å². The van der Waals surface area contributed by atoms with Crippen molar-refractivity contribution in [2.45, 2.75) is 0 Å². The second-order valence-electron chi connectivity index (χ2n) is 3.83. The maximum atomic E-state index is 5.76. The molecule has 17 heavy (non-hydrogen) atoms. The van der Waals surface area contributed by atoms with Gasteiger partial charge < -0.3 is 9.73 Å². The van der Waals surface area contributed by atoms with Crippen LogP contribution in [-0.2, 0) is 0 Å². The molecule has 3 heteroatoms. The number of fused-ring (bicyclic) bond motifs is 1. The molecule has 0 spiro atoms. The summed E-state index contributed by atoms with van der Waals surface area (Å²) in [6.45, 7) is 0. The van der Waals surface area contributed by atoms with Crippen LogP contribution >= 0.6 is 0 Å². The Labute approximate surface area is 99.1 Å². The topological polar surface area (TPSA) is 38.1 Å². The Bertz CT molecular complexity index is 625. The molecular formula is C14H12N2O. The van der Waals surface area contributed by atoms with Crippen LogP contribution in [0, 0.1) is 0 Å². The lowest BCUT2D eigenvalue weighted by atomic mass is 10.2. The quantitative estimate of drug-likeness (QED) is 0.723. The molecule has 0 fully saturated rings. The summed E-state index contributed by atoms with van der Waals surface area (Å²) in [5.41, 5.74) is 2.75. The molecule has 2 heterocycles. The van der Waals surface area contributed by atoms with E-state index in [1.807, 2.05) is 49.5 Å². The molecule has 0 aliphatic rings. The Hall–Kier alpha value is -2.29. The number of aromatic nitrogens is 1. The fourth-order valence-corrected chi connectivity index (χ4v) is 1.83. The van der Waals surface area contributed by atoms with E-state index in [0.29, 0.717) is 0 Å². The molecule has 0 saturated carbocycles. The first-order chi connectivity index (χ1) is 8.36. The van der Waals surface area contributed by atoms with E-state index in [0.717, 1.165) is 28.1 Å². The van der Waals surface area contributed by atoms with Crippen LogP contribution in [0.1, 0.15) is 0 Å². The molecule has 0 saturated heterocycles. The van der Waals surface area contributed by atoms with Crippen molar-refractivity contribution in [3.63, 3.8) is 0 Å². The number of furan rings is 1. The standard InChI is InChI=1S/C14H12N2O/c1-15-11-6-7-16-12(9-11)14-8-10-4-2-3-5-13(10)17-14/h2-9H,1H3,(H,15,16). The highest BCUT2D eigenvalue weighted by Crippen LogP contribution is 2.27. The fraction of sp³-hybridized carbons (Fsp3) is 0.0714. The first-order valence-electron chi connectivity index (χ1n) is 5.49. The average molecular weight is 224 g/mol. The number of hydrogen-bond donors (Lipinski definition) is 1. The van der Waals surface area contributed by atoms with Crippen molar-refractivity contribution < 1.29 is 4.42 Å². The predicted molar refractivity (Wildman–Crippen MR) is 69.0 cm³/mol. The lowest BCUT2D eigenvalue weighted by Gasteiger charge is -2.00. The maximum absolute atomic E-state index is 5.76. The Morgan fingerprint density at radius 3 is 2.82 bits per heavy atom. The highest BCUT2D eigenvalue weighted by atomic mass is 16.3. The predicted octanol–water partition coefficient (Wildman–Crippen LogP) is 3.54. The van der Waals surface area contributed by atoms with E-state index >= 15 is 0 Å². The van der Waals surface area contributed by atoms with Gasteiger partial charge in [0.2, 0.25) is 0 Å². The third-order valence-corrected chi connectivity index (χ3v) is 2.73. The zero-order valence-electron chi connectivity index (χ0n) is 9.47. The van der Waals surface area contributed by atoms with E-state index in [1.54, 1.807) is 6.20 Å². The second-order valence-corrected chi connectivity index (χ2v) is 3.83. The average Bonchev–Trinajstić information content (AvgIpc) is 2.82. The van der Waals surface area contributed by atoms with Crippen LogP contribution in [0.3, 0.4) is 0 Å². The molecule has 1 N–H and O–H groups in total. The molecule has 0 radical (unpaired) electrons. The van der Waals surface area contributed by atoms with E-state index in [9.17, 15) is 0 Å². The molecule has 1 aromatic carbocycles. The maximum Gasteiger partial charge on any atom is 0.153 e. The van der Waals surface area contributed by atoms with Crippen LogP contribution in [0.5, 0.6) is 0 Å². The lowest BCUT2D eigenvalue weighted by Crippen LogP contribution is -1.89. The van der Waals surface area contributed by atoms with E-state index in [-0.39, 0.29) is 0 Å². The molecule has 84 valence electrons. The SMILES string of the molecule is CNc1ccnc(-c2cc3ccccc3o2)c1. The first-order valence-corrected chi connectivity index (χ1v) is 5.49. The smallest absolute Gasteiger partial charge is 0.153 e. The molecule has 0 atom stereocenters. The highest BCUT2D eigenvalue weighted by molar-refractivity contribution is 5.82. The number of pyridine rings is 1. The third kappa shape index (κ3) is 1.76. The number of nitrogens with one attached hydrogen (secondary N) is 1. The fourth-order valence-electron chi connectivity index (χ4n) is 1.83. The zero-order valence-corrected chi connectivity index (χ0v) is 9.47. The van der Waals surface area contributed by atoms with Crippen LogP contribution in [0.15, 0.2) is 53.1 Å². The Balaban J connectivity index is 2.13. The van der Waals surface area contributed by atoms with E-state index in [1.165, 1.54) is 0 Å². The van der Waals surface area contributed by atoms with Crippen LogP contribution in [0.25, 0.3) is 22.4 Å². The summed E-state index contributed by atoms with van der Waals surface area (Å²) in [7, 11) is 1.89. The lowest BCUT2D eigenvalue weighted by molar-refractivity contribution is 0.629. The van der Waals surface area contributed by atoms with Crippen LogP contribution in [-0.4, -0.2) is 12.0 Å². The number of rotatable bonds is 2. The summed E-state index contributed by atoms with van der Waals surface area (Å²) in [6.07, 6.45) is 1.77. The first kappa shape index (κ1) is 9.90. The van der Waals surface area contributed by atoms with Crippen molar-refractivity contribution in [2.75, 3.05) is 12.4 Å². The minimum Gasteiger partial charge on any atom is -0.454 e. The van der Waals surface area contributed by atoms with Gasteiger partial charge in [-0.3, -0.25) is 4.98 Å². The van der Waals surface area contributed by atoms with Gasteiger partial charge in [-0.05, 0) is 24.3 Å². The normalized spacial score (nSPS) is 10.6. The van der Waals surface area contributed by atoms with E-state index < -0.39 is 0 Å². The zero-order chi connectivity index (χ0) is 11.7. The molecule has 0 aliphatic heterocycles. The summed E-state index contributed by atoms with van der Waals surface area (Å²) >= 11 is 0. The third-order valence-electron chi connectivity index (χ3n) is 2.73. The van der Waals surface area contributed by atoms with Gasteiger partial charge in [-0.1, -0.05) is 18.2 Å². The van der Waals surface area contributed by atoms with Gasteiger partial charge in [0.15, 0.2) is 5.76 Å². The summed E-state index contributed by atoms with van der Waals surface area (Å²) in [4.78, 5) is 4.32. The molecule has 0 aliphatic carbocycles. The van der Waals surface area contributed by atoms with E-state index in [2.05, 4.69) is 10.3 Å². The van der Waals surface area contributed by atoms with Gasteiger partial charge in [0.25, 0.3) is 0 Å². The van der Waals surface area contributed by atoms with Crippen molar-refractivity contribution in [3.05, 3.63) is 48.7 Å². The molecular weight excluding hydrogens is 212 g/mol. The number of hydrogen-bond acceptors (Lipinski definition) is 3. The van der Waals surface area contributed by atoms with Gasteiger partial charge in [0, 0.05) is 24.3 Å². The van der Waals surface area contributed by atoms with Crippen molar-refractivity contribution >= 4 is 16.7 Å². The molecule has 2 aromatic heterocycles. The number of anilines is 1. The monoisotopic (exact) mass is 224 g/mol. The van der Waals surface area contributed by atoms with Gasteiger partial charge in [-0.2, -0.15) is 0 Å². The van der Waals surface area contributed by atoms with Crippen molar-refractivity contribution in [2.24, 2.45) is 0 Å². The Kier molecular flexibility index (Phi) is 2.29. The summed E-state index contributed by atoms with van der Waals surface area (Å²) in [5, 5.41) is 4.19. The molecule has 0 unspecified atom stereocenters. The Morgan fingerprint density at radius 2 is 2.00 bits per heavy atom. The highest BCUT2D eigenvalue weighted by Gasteiger charge is 2.07. The summed E-state index contributed by atoms with van der Waals surface area (Å²) in [5.74, 6) is 0.795. The minimum absolute atomic E-state index is 0.795. The molecule has 3 aromatic rings. The van der Waals surface area contributed by atoms with Crippen molar-refractivity contribution in [1.82, 2.24) is 4.98 Å². The van der Waals surface area contributed by atoms with Crippen LogP contribution < -0.4 is 5.32 Å². The van der Waals surface area contributed by atoms with Crippen molar-refractivity contribution in [1.29, 1.82) is 0 Å². The van der Waals surface area contributed by atoms with Gasteiger partial charge in [-0.15, -0.1) is 0 Å². The Morgan fingerprint density at radius 1 is 1.12 bits per heavy atom. The number of nitrogens with zero attached hydrogens (tertiary/aromatic N) is 1. The van der Waals surface area contributed by atoms with E-state index in [4.69, 9.17) is 4.42 Å². The van der Waals surface area contributed by atoms with Gasteiger partial charge in [-0.25, -0.2) is 0 Å².